The van der Waals surface area contributed by atoms with E-state index >= 15 is 0 Å². The number of fused-ring (bicyclic) bond motifs is 1. The van der Waals surface area contributed by atoms with Crippen LogP contribution in [-0.4, -0.2) is 13.2 Å². The van der Waals surface area contributed by atoms with E-state index in [2.05, 4.69) is 0 Å². The maximum absolute atomic E-state index is 13.5. The highest BCUT2D eigenvalue weighted by Gasteiger charge is 2.47. The second-order valence-corrected chi connectivity index (χ2v) is 6.94. The lowest BCUT2D eigenvalue weighted by atomic mass is 10.1. The number of nitrogens with zero attached hydrogens (tertiary/aromatic N) is 1. The zero-order chi connectivity index (χ0) is 19.1. The molecule has 0 N–H and O–H groups in total. The SMILES string of the molecule is CN1c2ccccc2OP1OC(c1cccc(C(F)(F)F)c1)C(F)(F)F. The van der Waals surface area contributed by atoms with Gasteiger partial charge in [0.05, 0.1) is 11.3 Å². The maximum Gasteiger partial charge on any atom is 0.419 e. The van der Waals surface area contributed by atoms with Gasteiger partial charge < -0.3 is 4.52 Å². The summed E-state index contributed by atoms with van der Waals surface area (Å²) in [5.41, 5.74) is -1.27. The van der Waals surface area contributed by atoms with Gasteiger partial charge in [-0.25, -0.2) is 0 Å². The molecular weight excluding hydrogens is 383 g/mol. The lowest BCUT2D eigenvalue weighted by Gasteiger charge is -2.26. The van der Waals surface area contributed by atoms with Gasteiger partial charge in [0, 0.05) is 7.05 Å². The van der Waals surface area contributed by atoms with Crippen molar-refractivity contribution in [3.8, 4) is 5.75 Å². The van der Waals surface area contributed by atoms with Gasteiger partial charge in [-0.15, -0.1) is 0 Å². The highest BCUT2D eigenvalue weighted by atomic mass is 31.2. The van der Waals surface area contributed by atoms with E-state index in [1.54, 1.807) is 24.3 Å². The van der Waals surface area contributed by atoms with Crippen LogP contribution in [0.1, 0.15) is 17.2 Å². The third kappa shape index (κ3) is 3.73. The molecule has 3 nitrogen and oxygen atoms in total. The van der Waals surface area contributed by atoms with Crippen molar-refractivity contribution in [2.75, 3.05) is 11.7 Å². The molecule has 0 radical (unpaired) electrons. The minimum atomic E-state index is -4.91. The molecule has 2 unspecified atom stereocenters. The molecule has 1 heterocycles. The molecule has 0 spiro atoms. The summed E-state index contributed by atoms with van der Waals surface area (Å²) in [7, 11) is -0.669. The van der Waals surface area contributed by atoms with Crippen molar-refractivity contribution in [1.29, 1.82) is 0 Å². The molecule has 10 heteroatoms. The second-order valence-electron chi connectivity index (χ2n) is 5.47. The van der Waals surface area contributed by atoms with Crippen molar-refractivity contribution in [2.45, 2.75) is 18.5 Å². The van der Waals surface area contributed by atoms with E-state index in [1.165, 1.54) is 11.7 Å². The number of halogens is 6. The third-order valence-electron chi connectivity index (χ3n) is 3.64. The lowest BCUT2D eigenvalue weighted by Crippen LogP contribution is -2.25. The van der Waals surface area contributed by atoms with Gasteiger partial charge in [0.1, 0.15) is 0 Å². The van der Waals surface area contributed by atoms with Crippen LogP contribution in [0.15, 0.2) is 48.5 Å². The molecular formula is C16H12F6NO2P. The van der Waals surface area contributed by atoms with Gasteiger partial charge >= 0.3 is 20.9 Å². The number of rotatable bonds is 3. The van der Waals surface area contributed by atoms with Crippen LogP contribution >= 0.6 is 8.53 Å². The van der Waals surface area contributed by atoms with E-state index in [-0.39, 0.29) is 0 Å². The van der Waals surface area contributed by atoms with Crippen LogP contribution in [0.5, 0.6) is 5.75 Å². The molecule has 26 heavy (non-hydrogen) atoms. The third-order valence-corrected chi connectivity index (χ3v) is 5.09. The van der Waals surface area contributed by atoms with Crippen LogP contribution in [0.2, 0.25) is 0 Å². The lowest BCUT2D eigenvalue weighted by molar-refractivity contribution is -0.197. The predicted molar refractivity (Wildman–Crippen MR) is 83.7 cm³/mol. The molecule has 0 aromatic heterocycles. The molecule has 1 aliphatic heterocycles. The number of hydrogen-bond donors (Lipinski definition) is 0. The fourth-order valence-corrected chi connectivity index (χ4v) is 3.80. The van der Waals surface area contributed by atoms with E-state index < -0.39 is 38.1 Å². The monoisotopic (exact) mass is 395 g/mol. The average Bonchev–Trinajstić information content (AvgIpc) is 2.87. The fourth-order valence-electron chi connectivity index (χ4n) is 2.41. The van der Waals surface area contributed by atoms with Gasteiger partial charge in [-0.05, 0) is 29.8 Å². The molecule has 0 amide bonds. The zero-order valence-corrected chi connectivity index (χ0v) is 14.1. The van der Waals surface area contributed by atoms with Gasteiger partial charge in [-0.1, -0.05) is 24.3 Å². The summed E-state index contributed by atoms with van der Waals surface area (Å²) in [5.74, 6) is 0.353. The van der Waals surface area contributed by atoms with E-state index in [4.69, 9.17) is 9.05 Å². The predicted octanol–water partition coefficient (Wildman–Crippen LogP) is 6.08. The first-order valence-electron chi connectivity index (χ1n) is 7.29. The van der Waals surface area contributed by atoms with Crippen molar-refractivity contribution in [1.82, 2.24) is 0 Å². The zero-order valence-electron chi connectivity index (χ0n) is 13.2. The molecule has 0 bridgehead atoms. The minimum Gasteiger partial charge on any atom is -0.429 e. The first kappa shape index (κ1) is 18.8. The van der Waals surface area contributed by atoms with Crippen LogP contribution < -0.4 is 9.19 Å². The Labute approximate surface area is 146 Å². The van der Waals surface area contributed by atoms with Crippen molar-refractivity contribution in [3.63, 3.8) is 0 Å². The fraction of sp³-hybridized carbons (Fsp3) is 0.250. The summed E-state index contributed by atoms with van der Waals surface area (Å²) in [6.07, 6.45) is -12.2. The molecule has 2 aromatic carbocycles. The number of para-hydroxylation sites is 2. The van der Waals surface area contributed by atoms with Crippen molar-refractivity contribution >= 4 is 14.2 Å². The maximum atomic E-state index is 13.5. The quantitative estimate of drug-likeness (QED) is 0.464. The highest BCUT2D eigenvalue weighted by Crippen LogP contribution is 2.59. The van der Waals surface area contributed by atoms with Gasteiger partial charge in [-0.3, -0.25) is 9.19 Å². The smallest absolute Gasteiger partial charge is 0.419 e. The standard InChI is InChI=1S/C16H12F6NO2P/c1-23-12-7-2-3-8-13(12)24-26(23)25-14(16(20,21)22)10-5-4-6-11(9-10)15(17,18)19/h2-9,14H,1H3. The molecule has 1 aliphatic rings. The highest BCUT2D eigenvalue weighted by molar-refractivity contribution is 7.50. The molecule has 140 valence electrons. The Morgan fingerprint density at radius 2 is 1.69 bits per heavy atom. The number of hydrogen-bond acceptors (Lipinski definition) is 3. The summed E-state index contributed by atoms with van der Waals surface area (Å²) in [5, 5.41) is 0. The van der Waals surface area contributed by atoms with E-state index in [0.717, 1.165) is 12.1 Å². The van der Waals surface area contributed by atoms with E-state index in [0.29, 0.717) is 23.6 Å². The molecule has 3 rings (SSSR count). The van der Waals surface area contributed by atoms with Crippen LogP contribution in [0, 0.1) is 0 Å². The summed E-state index contributed by atoms with van der Waals surface area (Å²) in [4.78, 5) is 0. The Kier molecular flexibility index (Phi) is 4.79. The largest absolute Gasteiger partial charge is 0.429 e. The second kappa shape index (κ2) is 6.63. The summed E-state index contributed by atoms with van der Waals surface area (Å²) >= 11 is 0. The summed E-state index contributed by atoms with van der Waals surface area (Å²) in [6, 6.07) is 9.57. The Morgan fingerprint density at radius 1 is 1.00 bits per heavy atom. The first-order chi connectivity index (χ1) is 12.1. The number of benzene rings is 2. The van der Waals surface area contributed by atoms with Crippen LogP contribution in [0.4, 0.5) is 32.0 Å². The molecule has 0 saturated heterocycles. The number of alkyl halides is 6. The van der Waals surface area contributed by atoms with Crippen LogP contribution in [0.25, 0.3) is 0 Å². The van der Waals surface area contributed by atoms with Gasteiger partial charge in [0.2, 0.25) is 0 Å². The normalized spacial score (nSPS) is 18.4. The molecule has 0 aliphatic carbocycles. The first-order valence-corrected chi connectivity index (χ1v) is 8.42. The Bertz CT molecular complexity index is 795. The van der Waals surface area contributed by atoms with Crippen molar-refractivity contribution in [2.24, 2.45) is 0 Å². The topological polar surface area (TPSA) is 21.7 Å². The van der Waals surface area contributed by atoms with Crippen molar-refractivity contribution < 1.29 is 35.4 Å². The van der Waals surface area contributed by atoms with Gasteiger partial charge in [0.15, 0.2) is 11.9 Å². The Hall–Kier alpha value is -1.99. The molecule has 2 atom stereocenters. The van der Waals surface area contributed by atoms with Crippen molar-refractivity contribution in [3.05, 3.63) is 59.7 Å². The van der Waals surface area contributed by atoms with Crippen LogP contribution in [-0.2, 0) is 10.7 Å². The average molecular weight is 395 g/mol. The van der Waals surface area contributed by atoms with Gasteiger partial charge in [-0.2, -0.15) is 26.3 Å². The molecule has 2 aromatic rings. The van der Waals surface area contributed by atoms with Crippen LogP contribution in [0.3, 0.4) is 0 Å². The van der Waals surface area contributed by atoms with E-state index in [1.807, 2.05) is 0 Å². The summed E-state index contributed by atoms with van der Waals surface area (Å²) < 4.78 is 90.8. The van der Waals surface area contributed by atoms with Gasteiger partial charge in [0.25, 0.3) is 0 Å². The minimum absolute atomic E-state index is 0.353. The van der Waals surface area contributed by atoms with E-state index in [9.17, 15) is 26.3 Å². The summed E-state index contributed by atoms with van der Waals surface area (Å²) in [6.45, 7) is 0. The Morgan fingerprint density at radius 3 is 2.31 bits per heavy atom. The number of anilines is 1. The molecule has 0 fully saturated rings. The molecule has 0 saturated carbocycles. The Balaban J connectivity index is 1.90.